The number of fused-ring (bicyclic) bond motifs is 1. The first-order chi connectivity index (χ1) is 14.1. The maximum Gasteiger partial charge on any atom is 0.124 e. The van der Waals surface area contributed by atoms with E-state index >= 15 is 0 Å². The van der Waals surface area contributed by atoms with E-state index in [1.54, 1.807) is 6.07 Å². The average molecular weight is 387 g/mol. The summed E-state index contributed by atoms with van der Waals surface area (Å²) < 4.78 is 1.93. The number of aromatic nitrogens is 3. The fourth-order valence-electron chi connectivity index (χ4n) is 4.49. The van der Waals surface area contributed by atoms with Crippen LogP contribution >= 0.6 is 0 Å². The number of piperidine rings is 1. The molecule has 1 unspecified atom stereocenters. The fourth-order valence-corrected chi connectivity index (χ4v) is 4.49. The van der Waals surface area contributed by atoms with Crippen LogP contribution in [0.3, 0.4) is 0 Å². The Morgan fingerprint density at radius 2 is 1.93 bits per heavy atom. The maximum absolute atomic E-state index is 9.73. The van der Waals surface area contributed by atoms with Gasteiger partial charge in [-0.05, 0) is 62.5 Å². The van der Waals surface area contributed by atoms with E-state index in [0.29, 0.717) is 11.7 Å². The third-order valence-corrected chi connectivity index (χ3v) is 6.24. The molecule has 6 nitrogen and oxygen atoms in total. The summed E-state index contributed by atoms with van der Waals surface area (Å²) in [5.41, 5.74) is 4.00. The highest BCUT2D eigenvalue weighted by Gasteiger charge is 2.34. The zero-order valence-corrected chi connectivity index (χ0v) is 16.6. The third-order valence-electron chi connectivity index (χ3n) is 6.24. The highest BCUT2D eigenvalue weighted by Crippen LogP contribution is 2.37. The van der Waals surface area contributed by atoms with Gasteiger partial charge in [-0.15, -0.1) is 5.10 Å². The van der Waals surface area contributed by atoms with Gasteiger partial charge in [0.15, 0.2) is 0 Å². The van der Waals surface area contributed by atoms with Crippen LogP contribution in [0.25, 0.3) is 0 Å². The molecule has 0 amide bonds. The van der Waals surface area contributed by atoms with Crippen LogP contribution in [-0.4, -0.2) is 44.3 Å². The molecule has 5 rings (SSSR count). The van der Waals surface area contributed by atoms with Gasteiger partial charge in [-0.25, -0.2) is 4.68 Å². The molecule has 2 aliphatic heterocycles. The second-order valence-corrected chi connectivity index (χ2v) is 8.22. The van der Waals surface area contributed by atoms with Gasteiger partial charge >= 0.3 is 0 Å². The summed E-state index contributed by atoms with van der Waals surface area (Å²) >= 11 is 0. The molecule has 1 N–H and O–H groups in total. The molecule has 0 saturated carbocycles. The van der Waals surface area contributed by atoms with Crippen molar-refractivity contribution in [1.29, 1.82) is 0 Å². The van der Waals surface area contributed by atoms with Crippen LogP contribution in [0.1, 0.15) is 42.5 Å². The Labute approximate surface area is 170 Å². The monoisotopic (exact) mass is 387 g/mol. The van der Waals surface area contributed by atoms with Crippen molar-refractivity contribution in [2.24, 2.45) is 4.99 Å². The number of phenolic OH excluding ortho intramolecular Hbond substituents is 1. The minimum absolute atomic E-state index is 0.354. The molecule has 1 aromatic heterocycles. The van der Waals surface area contributed by atoms with Crippen molar-refractivity contribution in [3.8, 4) is 5.75 Å². The van der Waals surface area contributed by atoms with Crippen LogP contribution < -0.4 is 0 Å². The Bertz CT molecular complexity index is 1050. The van der Waals surface area contributed by atoms with E-state index in [9.17, 15) is 5.11 Å². The molecule has 29 heavy (non-hydrogen) atoms. The van der Waals surface area contributed by atoms with Crippen LogP contribution in [0.15, 0.2) is 59.7 Å². The predicted molar refractivity (Wildman–Crippen MR) is 113 cm³/mol. The molecular formula is C23H25N5O. The van der Waals surface area contributed by atoms with Gasteiger partial charge in [0.2, 0.25) is 0 Å². The molecule has 3 aromatic rings. The van der Waals surface area contributed by atoms with Crippen LogP contribution in [0.5, 0.6) is 5.75 Å². The third kappa shape index (κ3) is 3.34. The number of rotatable bonds is 4. The first-order valence-electron chi connectivity index (χ1n) is 10.2. The van der Waals surface area contributed by atoms with Gasteiger partial charge in [0.1, 0.15) is 11.3 Å². The number of likely N-dealkylation sites (tertiary alicyclic amines) is 1. The van der Waals surface area contributed by atoms with Crippen LogP contribution in [0, 0.1) is 0 Å². The summed E-state index contributed by atoms with van der Waals surface area (Å²) in [6.45, 7) is 4.98. The molecule has 6 heteroatoms. The molecule has 1 atom stereocenters. The smallest absolute Gasteiger partial charge is 0.124 e. The Kier molecular flexibility index (Phi) is 4.43. The number of aromatic hydroxyl groups is 1. The van der Waals surface area contributed by atoms with E-state index in [1.165, 1.54) is 5.56 Å². The first kappa shape index (κ1) is 18.1. The number of hydrogen-bond donors (Lipinski definition) is 1. The molecule has 3 heterocycles. The first-order valence-corrected chi connectivity index (χ1v) is 10.2. The van der Waals surface area contributed by atoms with Crippen molar-refractivity contribution in [3.05, 3.63) is 71.5 Å². The lowest BCUT2D eigenvalue weighted by Crippen LogP contribution is -2.33. The van der Waals surface area contributed by atoms with Crippen molar-refractivity contribution in [2.75, 3.05) is 13.1 Å². The van der Waals surface area contributed by atoms with Gasteiger partial charge in [-0.1, -0.05) is 35.5 Å². The molecule has 0 radical (unpaired) electrons. The van der Waals surface area contributed by atoms with E-state index < -0.39 is 0 Å². The van der Waals surface area contributed by atoms with Crippen molar-refractivity contribution in [1.82, 2.24) is 19.9 Å². The van der Waals surface area contributed by atoms with E-state index in [-0.39, 0.29) is 5.54 Å². The van der Waals surface area contributed by atoms with Crippen molar-refractivity contribution in [2.45, 2.75) is 37.8 Å². The van der Waals surface area contributed by atoms with Gasteiger partial charge < -0.3 is 5.11 Å². The summed E-state index contributed by atoms with van der Waals surface area (Å²) in [5.74, 6) is 0.867. The van der Waals surface area contributed by atoms with Gasteiger partial charge in [0, 0.05) is 18.3 Å². The van der Waals surface area contributed by atoms with E-state index in [2.05, 4.69) is 45.5 Å². The number of nitrogens with zero attached hydrogens (tertiary/aromatic N) is 5. The lowest BCUT2D eigenvalue weighted by atomic mass is 9.89. The van der Waals surface area contributed by atoms with Gasteiger partial charge in [0.05, 0.1) is 17.6 Å². The molecule has 0 aliphatic carbocycles. The summed E-state index contributed by atoms with van der Waals surface area (Å²) in [4.78, 5) is 6.99. The highest BCUT2D eigenvalue weighted by atomic mass is 16.3. The molecular weight excluding hydrogens is 362 g/mol. The normalized spacial score (nSPS) is 22.1. The van der Waals surface area contributed by atoms with Crippen LogP contribution in [0.2, 0.25) is 0 Å². The Balaban J connectivity index is 1.25. The zero-order valence-electron chi connectivity index (χ0n) is 16.6. The summed E-state index contributed by atoms with van der Waals surface area (Å²) in [7, 11) is 0. The quantitative estimate of drug-likeness (QED) is 0.739. The van der Waals surface area contributed by atoms with Crippen LogP contribution in [-0.2, 0) is 12.1 Å². The minimum atomic E-state index is -0.385. The van der Waals surface area contributed by atoms with Crippen molar-refractivity contribution < 1.29 is 5.11 Å². The number of para-hydroxylation sites is 1. The zero-order chi connectivity index (χ0) is 19.8. The molecule has 0 bridgehead atoms. The largest absolute Gasteiger partial charge is 0.508 e. The summed E-state index contributed by atoms with van der Waals surface area (Å²) in [6, 6.07) is 15.9. The highest BCUT2D eigenvalue weighted by molar-refractivity contribution is 5.84. The number of phenols is 1. The number of aliphatic imine (C=N–C) groups is 1. The minimum Gasteiger partial charge on any atom is -0.508 e. The molecule has 148 valence electrons. The number of hydrogen-bond acceptors (Lipinski definition) is 5. The molecule has 1 fully saturated rings. The van der Waals surface area contributed by atoms with Crippen LogP contribution in [0.4, 0.5) is 5.69 Å². The molecule has 0 spiro atoms. The maximum atomic E-state index is 9.73. The SMILES string of the molecule is CC1(n2cc(CN3CCC(c4cccc(O)c4)CC3)nn2)C=Nc2ccccc21. The van der Waals surface area contributed by atoms with Crippen molar-refractivity contribution >= 4 is 11.9 Å². The molecule has 2 aliphatic rings. The van der Waals surface area contributed by atoms with Gasteiger partial charge in [-0.2, -0.15) is 0 Å². The van der Waals surface area contributed by atoms with E-state index in [1.807, 2.05) is 41.2 Å². The molecule has 2 aromatic carbocycles. The lowest BCUT2D eigenvalue weighted by molar-refractivity contribution is 0.202. The van der Waals surface area contributed by atoms with Gasteiger partial charge in [-0.3, -0.25) is 9.89 Å². The standard InChI is InChI=1S/C23H25N5O/c1-23(16-24-22-8-3-2-7-21(22)23)28-15-19(25-26-28)14-27-11-9-17(10-12-27)18-5-4-6-20(29)13-18/h2-8,13,15-17,29H,9-12,14H2,1H3. The van der Waals surface area contributed by atoms with E-state index in [4.69, 9.17) is 0 Å². The Morgan fingerprint density at radius 3 is 2.76 bits per heavy atom. The second-order valence-electron chi connectivity index (χ2n) is 8.22. The predicted octanol–water partition coefficient (Wildman–Crippen LogP) is 3.84. The number of benzene rings is 2. The van der Waals surface area contributed by atoms with Gasteiger partial charge in [0.25, 0.3) is 0 Å². The van der Waals surface area contributed by atoms with E-state index in [0.717, 1.165) is 49.4 Å². The van der Waals surface area contributed by atoms with Crippen molar-refractivity contribution in [3.63, 3.8) is 0 Å². The second kappa shape index (κ2) is 7.12. The summed E-state index contributed by atoms with van der Waals surface area (Å²) in [5, 5.41) is 18.6. The fraction of sp³-hybridized carbons (Fsp3) is 0.348. The molecule has 1 saturated heterocycles. The Hall–Kier alpha value is -2.99. The lowest BCUT2D eigenvalue weighted by Gasteiger charge is -2.31. The topological polar surface area (TPSA) is 66.5 Å². The Morgan fingerprint density at radius 1 is 1.10 bits per heavy atom. The average Bonchev–Trinajstić information content (AvgIpc) is 3.35. The summed E-state index contributed by atoms with van der Waals surface area (Å²) in [6.07, 6.45) is 6.19.